The molecule has 0 fully saturated rings. The molecule has 0 aliphatic heterocycles. The molecular formula is C22H18ClF2N3O3S. The highest BCUT2D eigenvalue weighted by atomic mass is 35.5. The fourth-order valence-electron chi connectivity index (χ4n) is 2.92. The van der Waals surface area contributed by atoms with Crippen molar-refractivity contribution in [3.05, 3.63) is 72.1 Å². The van der Waals surface area contributed by atoms with Crippen LogP contribution in [0, 0.1) is 0 Å². The number of hydrogen-bond acceptors (Lipinski definition) is 6. The summed E-state index contributed by atoms with van der Waals surface area (Å²) >= 11 is 6.23. The lowest BCUT2D eigenvalue weighted by atomic mass is 10.2. The van der Waals surface area contributed by atoms with E-state index in [-0.39, 0.29) is 5.75 Å². The molecule has 166 valence electrons. The van der Waals surface area contributed by atoms with Crippen LogP contribution in [0.25, 0.3) is 11.0 Å². The molecule has 2 heterocycles. The number of ether oxygens (including phenoxy) is 3. The van der Waals surface area contributed by atoms with Crippen molar-refractivity contribution in [2.45, 2.75) is 23.1 Å². The van der Waals surface area contributed by atoms with E-state index in [1.165, 1.54) is 23.9 Å². The van der Waals surface area contributed by atoms with Gasteiger partial charge in [0.2, 0.25) is 0 Å². The first kappa shape index (κ1) is 22.2. The zero-order valence-corrected chi connectivity index (χ0v) is 18.4. The first-order chi connectivity index (χ1) is 15.4. The number of benzene rings is 2. The van der Waals surface area contributed by atoms with Crippen LogP contribution in [-0.4, -0.2) is 27.6 Å². The number of alkyl halides is 3. The van der Waals surface area contributed by atoms with Crippen molar-refractivity contribution in [2.75, 3.05) is 7.11 Å². The summed E-state index contributed by atoms with van der Waals surface area (Å²) in [6, 6.07) is 16.0. The van der Waals surface area contributed by atoms with Gasteiger partial charge in [0, 0.05) is 29.5 Å². The van der Waals surface area contributed by atoms with Crippen LogP contribution in [0.15, 0.2) is 66.0 Å². The van der Waals surface area contributed by atoms with E-state index in [9.17, 15) is 8.78 Å². The molecule has 6 nitrogen and oxygen atoms in total. The Kier molecular flexibility index (Phi) is 6.66. The number of rotatable bonds is 9. The Balaban J connectivity index is 1.41. The number of nitrogens with one attached hydrogen (secondary N) is 1. The minimum absolute atomic E-state index is 0.0600. The Labute approximate surface area is 191 Å². The number of imidazole rings is 1. The van der Waals surface area contributed by atoms with Crippen LogP contribution in [0.1, 0.15) is 11.3 Å². The molecular weight excluding hydrogens is 460 g/mol. The normalized spacial score (nSPS) is 11.5. The van der Waals surface area contributed by atoms with E-state index in [2.05, 4.69) is 19.7 Å². The van der Waals surface area contributed by atoms with E-state index in [4.69, 9.17) is 21.1 Å². The summed E-state index contributed by atoms with van der Waals surface area (Å²) < 4.78 is 41.3. The second-order valence-corrected chi connectivity index (χ2v) is 8.06. The molecule has 0 saturated carbocycles. The van der Waals surface area contributed by atoms with Crippen LogP contribution in [0.2, 0.25) is 0 Å². The Morgan fingerprint density at radius 2 is 1.91 bits per heavy atom. The van der Waals surface area contributed by atoms with Crippen molar-refractivity contribution in [2.24, 2.45) is 0 Å². The van der Waals surface area contributed by atoms with Crippen LogP contribution >= 0.6 is 23.4 Å². The molecule has 2 aromatic heterocycles. The van der Waals surface area contributed by atoms with Gasteiger partial charge in [0.1, 0.15) is 12.4 Å². The van der Waals surface area contributed by atoms with Gasteiger partial charge in [-0.3, -0.25) is 4.98 Å². The molecule has 0 bridgehead atoms. The molecule has 0 unspecified atom stereocenters. The third kappa shape index (κ3) is 5.80. The van der Waals surface area contributed by atoms with Crippen LogP contribution < -0.4 is 14.2 Å². The first-order valence-electron chi connectivity index (χ1n) is 9.47. The molecule has 0 aliphatic rings. The smallest absolute Gasteiger partial charge is 0.487 e. The summed E-state index contributed by atoms with van der Waals surface area (Å²) in [6.45, 7) is 0.410. The van der Waals surface area contributed by atoms with Crippen LogP contribution in [0.5, 0.6) is 17.2 Å². The summed E-state index contributed by atoms with van der Waals surface area (Å²) in [6.07, 6.45) is 1.63. The summed E-state index contributed by atoms with van der Waals surface area (Å²) in [5.74, 6) is 1.59. The van der Waals surface area contributed by atoms with Gasteiger partial charge in [0.15, 0.2) is 16.7 Å². The van der Waals surface area contributed by atoms with Crippen LogP contribution in [0.3, 0.4) is 0 Å². The minimum Gasteiger partial charge on any atom is -0.493 e. The number of methoxy groups -OCH3 is 1. The lowest BCUT2D eigenvalue weighted by Crippen LogP contribution is -2.15. The molecule has 0 spiro atoms. The lowest BCUT2D eigenvalue weighted by Gasteiger charge is -2.11. The fraction of sp³-hybridized carbons (Fsp3) is 0.182. The highest BCUT2D eigenvalue weighted by molar-refractivity contribution is 7.98. The summed E-state index contributed by atoms with van der Waals surface area (Å²) in [7, 11) is 1.57. The fourth-order valence-corrected chi connectivity index (χ4v) is 3.80. The maximum atomic E-state index is 12.8. The molecule has 4 rings (SSSR count). The van der Waals surface area contributed by atoms with Crippen molar-refractivity contribution in [3.63, 3.8) is 0 Å². The zero-order valence-electron chi connectivity index (χ0n) is 16.8. The maximum Gasteiger partial charge on any atom is 0.487 e. The Morgan fingerprint density at radius 1 is 1.09 bits per heavy atom. The van der Waals surface area contributed by atoms with Crippen LogP contribution in [0.4, 0.5) is 8.78 Å². The number of hydrogen-bond donors (Lipinski definition) is 1. The van der Waals surface area contributed by atoms with Crippen LogP contribution in [-0.2, 0) is 12.4 Å². The van der Waals surface area contributed by atoms with Gasteiger partial charge in [-0.25, -0.2) is 4.98 Å². The van der Waals surface area contributed by atoms with Gasteiger partial charge in [-0.15, -0.1) is 8.78 Å². The monoisotopic (exact) mass is 477 g/mol. The third-order valence-electron chi connectivity index (χ3n) is 4.37. The van der Waals surface area contributed by atoms with Crippen molar-refractivity contribution in [1.29, 1.82) is 0 Å². The topological polar surface area (TPSA) is 69.3 Å². The van der Waals surface area contributed by atoms with E-state index in [0.29, 0.717) is 40.0 Å². The number of aromatic amines is 1. The number of nitrogens with zero attached hydrogens (tertiary/aromatic N) is 2. The summed E-state index contributed by atoms with van der Waals surface area (Å²) in [4.78, 5) is 11.9. The Bertz CT molecular complexity index is 1200. The molecule has 0 amide bonds. The van der Waals surface area contributed by atoms with E-state index >= 15 is 0 Å². The Morgan fingerprint density at radius 3 is 2.66 bits per heavy atom. The van der Waals surface area contributed by atoms with E-state index in [0.717, 1.165) is 11.3 Å². The summed E-state index contributed by atoms with van der Waals surface area (Å²) in [5, 5.41) is 0.611. The number of aromatic nitrogens is 3. The molecule has 10 heteroatoms. The highest BCUT2D eigenvalue weighted by Crippen LogP contribution is 2.31. The van der Waals surface area contributed by atoms with Crippen molar-refractivity contribution in [3.8, 4) is 17.2 Å². The largest absolute Gasteiger partial charge is 0.493 e. The molecule has 4 aromatic rings. The van der Waals surface area contributed by atoms with Gasteiger partial charge in [-0.1, -0.05) is 42.1 Å². The number of halogens is 3. The number of H-pyrrole nitrogens is 1. The maximum absolute atomic E-state index is 12.8. The predicted molar refractivity (Wildman–Crippen MR) is 119 cm³/mol. The average Bonchev–Trinajstić information content (AvgIpc) is 3.18. The van der Waals surface area contributed by atoms with Gasteiger partial charge in [0.05, 0.1) is 30.0 Å². The minimum atomic E-state index is -3.77. The molecule has 0 atom stereocenters. The quantitative estimate of drug-likeness (QED) is 0.235. The SMILES string of the molecule is COc1cc(CSc2nc3ccc(OC(F)(F)Cl)cc3[nH]2)ncc1OCc1ccccc1. The average molecular weight is 478 g/mol. The molecule has 0 radical (unpaired) electrons. The van der Waals surface area contributed by atoms with Gasteiger partial charge in [-0.05, 0) is 17.7 Å². The van der Waals surface area contributed by atoms with Gasteiger partial charge < -0.3 is 19.2 Å². The van der Waals surface area contributed by atoms with E-state index in [1.807, 2.05) is 36.4 Å². The van der Waals surface area contributed by atoms with E-state index < -0.39 is 5.57 Å². The van der Waals surface area contributed by atoms with E-state index in [1.54, 1.807) is 19.4 Å². The second kappa shape index (κ2) is 9.62. The molecule has 2 aromatic carbocycles. The van der Waals surface area contributed by atoms with Gasteiger partial charge in [-0.2, -0.15) is 0 Å². The zero-order chi connectivity index (χ0) is 22.6. The molecule has 1 N–H and O–H groups in total. The second-order valence-electron chi connectivity index (χ2n) is 6.66. The standard InChI is InChI=1S/C22H18ClF2N3O3S/c1-29-19-9-15(26-11-20(19)30-12-14-5-3-2-4-6-14)13-32-21-27-17-8-7-16(10-18(17)28-21)31-22(23,24)25/h2-11H,12-13H2,1H3,(H,27,28). The van der Waals surface area contributed by atoms with Crippen molar-refractivity contribution < 1.29 is 23.0 Å². The predicted octanol–water partition coefficient (Wildman–Crippen LogP) is 6.01. The van der Waals surface area contributed by atoms with Gasteiger partial charge >= 0.3 is 5.57 Å². The number of thioether (sulfide) groups is 1. The van der Waals surface area contributed by atoms with Crippen molar-refractivity contribution >= 4 is 34.4 Å². The molecule has 0 saturated heterocycles. The lowest BCUT2D eigenvalue weighted by molar-refractivity contribution is -0.0964. The first-order valence-corrected chi connectivity index (χ1v) is 10.8. The number of fused-ring (bicyclic) bond motifs is 1. The molecule has 32 heavy (non-hydrogen) atoms. The Hall–Kier alpha value is -3.04. The summed E-state index contributed by atoms with van der Waals surface area (Å²) in [5.41, 5.74) is -0.783. The van der Waals surface area contributed by atoms with Gasteiger partial charge in [0.25, 0.3) is 0 Å². The third-order valence-corrected chi connectivity index (χ3v) is 5.35. The molecule has 0 aliphatic carbocycles. The number of pyridine rings is 1. The van der Waals surface area contributed by atoms with Crippen molar-refractivity contribution in [1.82, 2.24) is 15.0 Å². The highest BCUT2D eigenvalue weighted by Gasteiger charge is 2.27.